The molecule has 0 amide bonds. The van der Waals surface area contributed by atoms with Crippen molar-refractivity contribution in [2.24, 2.45) is 0 Å². The summed E-state index contributed by atoms with van der Waals surface area (Å²) in [6.07, 6.45) is 4.78. The molecule has 0 radical (unpaired) electrons. The minimum Gasteiger partial charge on any atom is -0.368 e. The molecule has 0 saturated heterocycles. The number of fused-ring (bicyclic) bond motifs is 1. The van der Waals surface area contributed by atoms with Crippen LogP contribution in [0.3, 0.4) is 0 Å². The minimum atomic E-state index is 0.131. The number of nitrogens with zero attached hydrogens (tertiary/aromatic N) is 3. The molecule has 5 nitrogen and oxygen atoms in total. The molecule has 0 aliphatic carbocycles. The molecule has 4 aromatic rings. The number of para-hydroxylation sites is 1. The van der Waals surface area contributed by atoms with E-state index in [9.17, 15) is 0 Å². The zero-order chi connectivity index (χ0) is 18.6. The lowest BCUT2D eigenvalue weighted by Gasteiger charge is -2.18. The second kappa shape index (κ2) is 7.50. The first-order valence-corrected chi connectivity index (χ1v) is 9.17. The van der Waals surface area contributed by atoms with Gasteiger partial charge in [-0.25, -0.2) is 4.98 Å². The molecule has 5 heteroatoms. The van der Waals surface area contributed by atoms with Gasteiger partial charge in [0.2, 0.25) is 5.95 Å². The van der Waals surface area contributed by atoms with Crippen LogP contribution in [0.15, 0.2) is 73.1 Å². The van der Waals surface area contributed by atoms with Gasteiger partial charge in [-0.15, -0.1) is 0 Å². The third-order valence-electron chi connectivity index (χ3n) is 4.84. The molecule has 0 aliphatic heterocycles. The number of anilines is 2. The van der Waals surface area contributed by atoms with Gasteiger partial charge < -0.3 is 15.6 Å². The van der Waals surface area contributed by atoms with Gasteiger partial charge in [0.15, 0.2) is 0 Å². The molecule has 2 aromatic heterocycles. The van der Waals surface area contributed by atoms with E-state index in [2.05, 4.69) is 75.4 Å². The van der Waals surface area contributed by atoms with Crippen molar-refractivity contribution in [3.05, 3.63) is 84.2 Å². The van der Waals surface area contributed by atoms with Crippen LogP contribution < -0.4 is 11.1 Å². The molecule has 0 bridgehead atoms. The van der Waals surface area contributed by atoms with Crippen molar-refractivity contribution in [3.63, 3.8) is 0 Å². The Balaban J connectivity index is 1.54. The van der Waals surface area contributed by atoms with E-state index in [-0.39, 0.29) is 12.0 Å². The van der Waals surface area contributed by atoms with E-state index in [1.807, 2.05) is 24.4 Å². The summed E-state index contributed by atoms with van der Waals surface area (Å²) in [5.41, 5.74) is 9.34. The average Bonchev–Trinajstić information content (AvgIpc) is 3.11. The summed E-state index contributed by atoms with van der Waals surface area (Å²) in [6.45, 7) is 2.98. The smallest absolute Gasteiger partial charge is 0.221 e. The predicted octanol–water partition coefficient (Wildman–Crippen LogP) is 4.43. The Morgan fingerprint density at radius 3 is 2.67 bits per heavy atom. The molecule has 136 valence electrons. The maximum Gasteiger partial charge on any atom is 0.221 e. The van der Waals surface area contributed by atoms with Gasteiger partial charge in [0.1, 0.15) is 5.82 Å². The number of hydrogen-bond acceptors (Lipinski definition) is 4. The highest BCUT2D eigenvalue weighted by Crippen LogP contribution is 2.22. The topological polar surface area (TPSA) is 68.8 Å². The van der Waals surface area contributed by atoms with Crippen molar-refractivity contribution in [2.45, 2.75) is 25.9 Å². The average molecular weight is 357 g/mol. The highest BCUT2D eigenvalue weighted by molar-refractivity contribution is 5.79. The highest BCUT2D eigenvalue weighted by atomic mass is 15.1. The zero-order valence-corrected chi connectivity index (χ0v) is 15.3. The van der Waals surface area contributed by atoms with Gasteiger partial charge in [-0.1, -0.05) is 48.5 Å². The highest BCUT2D eigenvalue weighted by Gasteiger charge is 2.11. The molecule has 0 fully saturated rings. The lowest BCUT2D eigenvalue weighted by molar-refractivity contribution is 0.717. The molecule has 1 atom stereocenters. The Bertz CT molecular complexity index is 1040. The van der Waals surface area contributed by atoms with Gasteiger partial charge >= 0.3 is 0 Å². The van der Waals surface area contributed by atoms with Crippen molar-refractivity contribution < 1.29 is 0 Å². The Kier molecular flexibility index (Phi) is 4.75. The number of aromatic nitrogens is 3. The summed E-state index contributed by atoms with van der Waals surface area (Å²) < 4.78 is 2.26. The van der Waals surface area contributed by atoms with E-state index < -0.39 is 0 Å². The van der Waals surface area contributed by atoms with E-state index >= 15 is 0 Å². The van der Waals surface area contributed by atoms with Crippen LogP contribution in [0, 0.1) is 0 Å². The third kappa shape index (κ3) is 3.77. The van der Waals surface area contributed by atoms with Gasteiger partial charge in [0, 0.05) is 36.1 Å². The van der Waals surface area contributed by atoms with Crippen LogP contribution in [0.1, 0.15) is 24.1 Å². The zero-order valence-electron chi connectivity index (χ0n) is 15.3. The summed E-state index contributed by atoms with van der Waals surface area (Å²) in [5, 5.41) is 4.75. The Morgan fingerprint density at radius 2 is 1.81 bits per heavy atom. The quantitative estimate of drug-likeness (QED) is 0.536. The fourth-order valence-corrected chi connectivity index (χ4v) is 3.33. The van der Waals surface area contributed by atoms with E-state index in [1.54, 1.807) is 0 Å². The Labute approximate surface area is 158 Å². The molecule has 2 heterocycles. The van der Waals surface area contributed by atoms with E-state index in [0.29, 0.717) is 0 Å². The van der Waals surface area contributed by atoms with Crippen LogP contribution in [-0.2, 0) is 13.0 Å². The fourth-order valence-electron chi connectivity index (χ4n) is 3.33. The Morgan fingerprint density at radius 1 is 1.04 bits per heavy atom. The number of benzene rings is 2. The maximum absolute atomic E-state index is 5.84. The minimum absolute atomic E-state index is 0.131. The fraction of sp³-hybridized carbons (Fsp3) is 0.182. The molecule has 1 unspecified atom stereocenters. The van der Waals surface area contributed by atoms with Gasteiger partial charge in [0.25, 0.3) is 0 Å². The normalized spacial score (nSPS) is 12.2. The summed E-state index contributed by atoms with van der Waals surface area (Å²) in [6, 6.07) is 21.0. The largest absolute Gasteiger partial charge is 0.368 e. The van der Waals surface area contributed by atoms with Gasteiger partial charge in [-0.3, -0.25) is 0 Å². The van der Waals surface area contributed by atoms with Crippen LogP contribution >= 0.6 is 0 Å². The van der Waals surface area contributed by atoms with Crippen LogP contribution in [0.4, 0.5) is 11.8 Å². The molecule has 4 rings (SSSR count). The number of aryl methyl sites for hydroxylation is 2. The summed E-state index contributed by atoms with van der Waals surface area (Å²) >= 11 is 0. The van der Waals surface area contributed by atoms with Gasteiger partial charge in [-0.2, -0.15) is 4.98 Å². The first-order valence-electron chi connectivity index (χ1n) is 9.17. The first-order chi connectivity index (χ1) is 13.2. The number of rotatable bonds is 6. The van der Waals surface area contributed by atoms with E-state index in [1.165, 1.54) is 16.5 Å². The lowest BCUT2D eigenvalue weighted by atomic mass is 10.1. The molecule has 27 heavy (non-hydrogen) atoms. The lowest BCUT2D eigenvalue weighted by Crippen LogP contribution is -2.13. The molecular formula is C22H23N5. The van der Waals surface area contributed by atoms with Crippen LogP contribution in [0.5, 0.6) is 0 Å². The van der Waals surface area contributed by atoms with Crippen molar-refractivity contribution in [3.8, 4) is 0 Å². The second-order valence-corrected chi connectivity index (χ2v) is 6.70. The molecule has 3 N–H and O–H groups in total. The van der Waals surface area contributed by atoms with E-state index in [4.69, 9.17) is 5.73 Å². The standard InChI is InChI=1S/C22H23N5/c1-16(17-7-3-2-4-8-17)25-21-19(15-24-22(23)26-21)12-14-27-13-11-18-9-5-6-10-20(18)27/h2-11,13,15-16H,12,14H2,1H3,(H3,23,24,25,26). The summed E-state index contributed by atoms with van der Waals surface area (Å²) in [4.78, 5) is 8.65. The summed E-state index contributed by atoms with van der Waals surface area (Å²) in [7, 11) is 0. The first kappa shape index (κ1) is 17.1. The van der Waals surface area contributed by atoms with Crippen molar-refractivity contribution in [2.75, 3.05) is 11.1 Å². The van der Waals surface area contributed by atoms with E-state index in [0.717, 1.165) is 24.3 Å². The molecular weight excluding hydrogens is 334 g/mol. The van der Waals surface area contributed by atoms with Gasteiger partial charge in [-0.05, 0) is 36.4 Å². The van der Waals surface area contributed by atoms with Crippen molar-refractivity contribution in [1.82, 2.24) is 14.5 Å². The predicted molar refractivity (Wildman–Crippen MR) is 111 cm³/mol. The van der Waals surface area contributed by atoms with Crippen molar-refractivity contribution in [1.29, 1.82) is 0 Å². The van der Waals surface area contributed by atoms with Crippen LogP contribution in [0.2, 0.25) is 0 Å². The SMILES string of the molecule is CC(Nc1nc(N)ncc1CCn1ccc2ccccc21)c1ccccc1. The molecule has 0 spiro atoms. The molecule has 0 aliphatic rings. The number of nitrogens with one attached hydrogen (secondary N) is 1. The summed E-state index contributed by atoms with van der Waals surface area (Å²) in [5.74, 6) is 1.09. The number of nitrogens with two attached hydrogens (primary N) is 1. The second-order valence-electron chi connectivity index (χ2n) is 6.70. The molecule has 0 saturated carbocycles. The van der Waals surface area contributed by atoms with Crippen LogP contribution in [-0.4, -0.2) is 14.5 Å². The Hall–Kier alpha value is -3.34. The third-order valence-corrected chi connectivity index (χ3v) is 4.84. The maximum atomic E-state index is 5.84. The van der Waals surface area contributed by atoms with Crippen LogP contribution in [0.25, 0.3) is 10.9 Å². The monoisotopic (exact) mass is 357 g/mol. The van der Waals surface area contributed by atoms with Crippen molar-refractivity contribution >= 4 is 22.7 Å². The van der Waals surface area contributed by atoms with Gasteiger partial charge in [0.05, 0.1) is 0 Å². The number of nitrogen functional groups attached to an aromatic ring is 1. The molecule has 2 aromatic carbocycles. The number of hydrogen-bond donors (Lipinski definition) is 2.